The lowest BCUT2D eigenvalue weighted by atomic mass is 10.2. The van der Waals surface area contributed by atoms with Gasteiger partial charge in [0.05, 0.1) is 0 Å². The van der Waals surface area contributed by atoms with Crippen molar-refractivity contribution in [3.63, 3.8) is 0 Å². The van der Waals surface area contributed by atoms with E-state index in [0.29, 0.717) is 19.0 Å². The summed E-state index contributed by atoms with van der Waals surface area (Å²) in [4.78, 5) is 13.5. The highest BCUT2D eigenvalue weighted by Gasteiger charge is 2.26. The first-order chi connectivity index (χ1) is 7.16. The Bertz CT molecular complexity index is 360. The third-order valence-electron chi connectivity index (χ3n) is 2.89. The van der Waals surface area contributed by atoms with E-state index in [1.54, 1.807) is 0 Å². The second kappa shape index (κ2) is 4.23. The molecular formula is C12H14ClNO. The lowest BCUT2D eigenvalue weighted by Gasteiger charge is -2.21. The van der Waals surface area contributed by atoms with Crippen LogP contribution < -0.4 is 0 Å². The second-order valence-corrected chi connectivity index (χ2v) is 4.47. The zero-order valence-electron chi connectivity index (χ0n) is 8.74. The minimum Gasteiger partial charge on any atom is -0.336 e. The molecule has 0 N–H and O–H groups in total. The summed E-state index contributed by atoms with van der Waals surface area (Å²) >= 11 is 5.81. The van der Waals surface area contributed by atoms with Crippen LogP contribution in [0.15, 0.2) is 24.3 Å². The molecule has 1 saturated heterocycles. The van der Waals surface area contributed by atoms with Gasteiger partial charge < -0.3 is 4.90 Å². The third-order valence-corrected chi connectivity index (χ3v) is 3.15. The molecule has 0 bridgehead atoms. The minimum atomic E-state index is 0.262. The fourth-order valence-electron chi connectivity index (χ4n) is 1.91. The van der Waals surface area contributed by atoms with Crippen molar-refractivity contribution in [3.05, 3.63) is 34.9 Å². The summed E-state index contributed by atoms with van der Waals surface area (Å²) in [6.07, 6.45) is 1.67. The van der Waals surface area contributed by atoms with Crippen LogP contribution in [0.5, 0.6) is 0 Å². The average molecular weight is 224 g/mol. The zero-order chi connectivity index (χ0) is 10.8. The normalized spacial score (nSPS) is 21.1. The fraction of sp³-hybridized carbons (Fsp3) is 0.417. The lowest BCUT2D eigenvalue weighted by molar-refractivity contribution is -0.129. The van der Waals surface area contributed by atoms with E-state index in [1.807, 2.05) is 29.2 Å². The van der Waals surface area contributed by atoms with Gasteiger partial charge in [0.15, 0.2) is 0 Å². The molecule has 0 saturated carbocycles. The molecule has 2 nitrogen and oxygen atoms in total. The summed E-state index contributed by atoms with van der Waals surface area (Å²) in [6, 6.07) is 8.04. The maximum Gasteiger partial charge on any atom is 0.223 e. The van der Waals surface area contributed by atoms with Crippen molar-refractivity contribution in [2.24, 2.45) is 0 Å². The standard InChI is InChI=1S/C12H14ClNO/c1-9-2-7-12(15)14(9)8-10-3-5-11(13)6-4-10/h3-6,9H,2,7-8H2,1H3. The number of likely N-dealkylation sites (tertiary alicyclic amines) is 1. The molecule has 1 aliphatic heterocycles. The Balaban J connectivity index is 2.08. The maximum atomic E-state index is 11.6. The van der Waals surface area contributed by atoms with Gasteiger partial charge in [-0.3, -0.25) is 4.79 Å². The lowest BCUT2D eigenvalue weighted by Crippen LogP contribution is -2.30. The van der Waals surface area contributed by atoms with E-state index >= 15 is 0 Å². The van der Waals surface area contributed by atoms with Crippen LogP contribution in [-0.4, -0.2) is 16.8 Å². The number of hydrogen-bond donors (Lipinski definition) is 0. The Kier molecular flexibility index (Phi) is 2.96. The van der Waals surface area contributed by atoms with E-state index in [2.05, 4.69) is 6.92 Å². The molecule has 1 aromatic rings. The summed E-state index contributed by atoms with van der Waals surface area (Å²) in [5, 5.41) is 0.736. The highest BCUT2D eigenvalue weighted by atomic mass is 35.5. The molecule has 0 aromatic heterocycles. The Hall–Kier alpha value is -1.02. The number of nitrogens with zero attached hydrogens (tertiary/aromatic N) is 1. The van der Waals surface area contributed by atoms with E-state index in [9.17, 15) is 4.79 Å². The number of rotatable bonds is 2. The quantitative estimate of drug-likeness (QED) is 0.755. The highest BCUT2D eigenvalue weighted by Crippen LogP contribution is 2.21. The molecular weight excluding hydrogens is 210 g/mol. The molecule has 1 fully saturated rings. The Labute approximate surface area is 94.8 Å². The molecule has 0 spiro atoms. The van der Waals surface area contributed by atoms with E-state index in [1.165, 1.54) is 0 Å². The van der Waals surface area contributed by atoms with Crippen LogP contribution >= 0.6 is 11.6 Å². The number of benzene rings is 1. The Morgan fingerprint density at radius 1 is 1.40 bits per heavy atom. The molecule has 1 amide bonds. The van der Waals surface area contributed by atoms with Crippen molar-refractivity contribution in [3.8, 4) is 0 Å². The van der Waals surface area contributed by atoms with Crippen LogP contribution in [-0.2, 0) is 11.3 Å². The molecule has 2 rings (SSSR count). The zero-order valence-corrected chi connectivity index (χ0v) is 9.50. The highest BCUT2D eigenvalue weighted by molar-refractivity contribution is 6.30. The van der Waals surface area contributed by atoms with Gasteiger partial charge in [-0.05, 0) is 31.0 Å². The van der Waals surface area contributed by atoms with Gasteiger partial charge in [-0.25, -0.2) is 0 Å². The number of carbonyl (C=O) groups excluding carboxylic acids is 1. The Morgan fingerprint density at radius 3 is 2.60 bits per heavy atom. The summed E-state index contributed by atoms with van der Waals surface area (Å²) in [5.74, 6) is 0.262. The van der Waals surface area contributed by atoms with Crippen molar-refractivity contribution in [2.75, 3.05) is 0 Å². The summed E-state index contributed by atoms with van der Waals surface area (Å²) in [6.45, 7) is 2.80. The number of carbonyl (C=O) groups is 1. The number of amides is 1. The molecule has 0 aliphatic carbocycles. The first-order valence-electron chi connectivity index (χ1n) is 5.21. The molecule has 1 aromatic carbocycles. The van der Waals surface area contributed by atoms with Crippen LogP contribution in [0, 0.1) is 0 Å². The van der Waals surface area contributed by atoms with E-state index < -0.39 is 0 Å². The predicted molar refractivity (Wildman–Crippen MR) is 60.7 cm³/mol. The summed E-state index contributed by atoms with van der Waals surface area (Å²) in [5.41, 5.74) is 1.14. The number of hydrogen-bond acceptors (Lipinski definition) is 1. The van der Waals surface area contributed by atoms with Crippen molar-refractivity contribution in [1.29, 1.82) is 0 Å². The minimum absolute atomic E-state index is 0.262. The largest absolute Gasteiger partial charge is 0.336 e. The van der Waals surface area contributed by atoms with Gasteiger partial charge in [0.2, 0.25) is 5.91 Å². The van der Waals surface area contributed by atoms with Gasteiger partial charge in [-0.1, -0.05) is 23.7 Å². The molecule has 1 atom stereocenters. The third kappa shape index (κ3) is 2.32. The van der Waals surface area contributed by atoms with Crippen molar-refractivity contribution < 1.29 is 4.79 Å². The van der Waals surface area contributed by atoms with E-state index in [4.69, 9.17) is 11.6 Å². The van der Waals surface area contributed by atoms with Crippen LogP contribution in [0.3, 0.4) is 0 Å². The van der Waals surface area contributed by atoms with Crippen LogP contribution in [0.2, 0.25) is 5.02 Å². The van der Waals surface area contributed by atoms with Gasteiger partial charge in [-0.15, -0.1) is 0 Å². The van der Waals surface area contributed by atoms with Gasteiger partial charge in [0, 0.05) is 24.0 Å². The molecule has 80 valence electrons. The van der Waals surface area contributed by atoms with Gasteiger partial charge >= 0.3 is 0 Å². The fourth-order valence-corrected chi connectivity index (χ4v) is 2.03. The van der Waals surface area contributed by atoms with Crippen molar-refractivity contribution >= 4 is 17.5 Å². The predicted octanol–water partition coefficient (Wildman–Crippen LogP) is 2.85. The first kappa shape index (κ1) is 10.5. The summed E-state index contributed by atoms with van der Waals surface area (Å²) in [7, 11) is 0. The number of halogens is 1. The topological polar surface area (TPSA) is 20.3 Å². The van der Waals surface area contributed by atoms with Crippen molar-refractivity contribution in [1.82, 2.24) is 4.90 Å². The van der Waals surface area contributed by atoms with Crippen molar-refractivity contribution in [2.45, 2.75) is 32.4 Å². The van der Waals surface area contributed by atoms with Crippen LogP contribution in [0.1, 0.15) is 25.3 Å². The molecule has 1 unspecified atom stereocenters. The van der Waals surface area contributed by atoms with Gasteiger partial charge in [0.1, 0.15) is 0 Å². The molecule has 3 heteroatoms. The molecule has 1 aliphatic rings. The summed E-state index contributed by atoms with van der Waals surface area (Å²) < 4.78 is 0. The van der Waals surface area contributed by atoms with Crippen LogP contribution in [0.4, 0.5) is 0 Å². The molecule has 1 heterocycles. The smallest absolute Gasteiger partial charge is 0.223 e. The van der Waals surface area contributed by atoms with Gasteiger partial charge in [0.25, 0.3) is 0 Å². The first-order valence-corrected chi connectivity index (χ1v) is 5.58. The average Bonchev–Trinajstić information content (AvgIpc) is 2.53. The SMILES string of the molecule is CC1CCC(=O)N1Cc1ccc(Cl)cc1. The van der Waals surface area contributed by atoms with Crippen LogP contribution in [0.25, 0.3) is 0 Å². The molecule has 15 heavy (non-hydrogen) atoms. The Morgan fingerprint density at radius 2 is 2.07 bits per heavy atom. The van der Waals surface area contributed by atoms with Gasteiger partial charge in [-0.2, -0.15) is 0 Å². The molecule has 0 radical (unpaired) electrons. The maximum absolute atomic E-state index is 11.6. The van der Waals surface area contributed by atoms with E-state index in [0.717, 1.165) is 17.0 Å². The monoisotopic (exact) mass is 223 g/mol. The second-order valence-electron chi connectivity index (χ2n) is 4.04. The van der Waals surface area contributed by atoms with E-state index in [-0.39, 0.29) is 5.91 Å².